The molecule has 9 aromatic carbocycles. The molecule has 0 N–H and O–H groups in total. The van der Waals surface area contributed by atoms with Crippen LogP contribution in [0.25, 0.3) is 74.4 Å². The summed E-state index contributed by atoms with van der Waals surface area (Å²) >= 11 is 1.89. The topological polar surface area (TPSA) is 3.24 Å². The Bertz CT molecular complexity index is 2830. The number of nitrogens with zero attached hydrogens (tertiary/aromatic N) is 1. The van der Waals surface area contributed by atoms with E-state index in [0.29, 0.717) is 0 Å². The first-order valence-electron chi connectivity index (χ1n) is 16.4. The van der Waals surface area contributed by atoms with Crippen molar-refractivity contribution < 1.29 is 0 Å². The third-order valence-corrected chi connectivity index (χ3v) is 11.0. The summed E-state index contributed by atoms with van der Waals surface area (Å²) in [6.45, 7) is 0. The molecule has 0 bridgehead atoms. The Labute approximate surface area is 282 Å². The second-order valence-corrected chi connectivity index (χ2v) is 13.6. The van der Waals surface area contributed by atoms with Crippen molar-refractivity contribution in [3.05, 3.63) is 176 Å². The van der Waals surface area contributed by atoms with E-state index in [9.17, 15) is 0 Å². The Kier molecular flexibility index (Phi) is 6.12. The Balaban J connectivity index is 1.23. The van der Waals surface area contributed by atoms with E-state index < -0.39 is 0 Å². The van der Waals surface area contributed by atoms with E-state index in [2.05, 4.69) is 181 Å². The number of hydrogen-bond donors (Lipinski definition) is 0. The number of hydrogen-bond acceptors (Lipinski definition) is 2. The van der Waals surface area contributed by atoms with Crippen molar-refractivity contribution in [3.8, 4) is 11.1 Å². The molecule has 1 heterocycles. The second-order valence-electron chi connectivity index (χ2n) is 12.5. The minimum absolute atomic E-state index is 1.13. The average molecular weight is 628 g/mol. The summed E-state index contributed by atoms with van der Waals surface area (Å²) in [6.07, 6.45) is 0. The smallest absolute Gasteiger partial charge is 0.0554 e. The van der Waals surface area contributed by atoms with Gasteiger partial charge in [-0.3, -0.25) is 0 Å². The van der Waals surface area contributed by atoms with Gasteiger partial charge in [-0.1, -0.05) is 140 Å². The van der Waals surface area contributed by atoms with Gasteiger partial charge in [0.05, 0.1) is 5.69 Å². The average Bonchev–Trinajstić information content (AvgIpc) is 3.55. The highest BCUT2D eigenvalue weighted by atomic mass is 32.1. The molecule has 0 unspecified atom stereocenters. The lowest BCUT2D eigenvalue weighted by Crippen LogP contribution is -2.10. The molecule has 48 heavy (non-hydrogen) atoms. The fourth-order valence-corrected chi connectivity index (χ4v) is 8.80. The molecule has 0 aliphatic carbocycles. The van der Waals surface area contributed by atoms with Crippen molar-refractivity contribution in [3.63, 3.8) is 0 Å². The maximum atomic E-state index is 2.45. The largest absolute Gasteiger partial charge is 0.310 e. The molecule has 10 aromatic rings. The number of fused-ring (bicyclic) bond motifs is 10. The van der Waals surface area contributed by atoms with Crippen LogP contribution < -0.4 is 4.90 Å². The van der Waals surface area contributed by atoms with E-state index >= 15 is 0 Å². The summed E-state index contributed by atoms with van der Waals surface area (Å²) < 4.78 is 2.63. The van der Waals surface area contributed by atoms with Crippen molar-refractivity contribution in [1.82, 2.24) is 0 Å². The molecule has 0 saturated carbocycles. The second kappa shape index (κ2) is 10.8. The summed E-state index contributed by atoms with van der Waals surface area (Å²) in [4.78, 5) is 2.45. The molecule has 0 amide bonds. The van der Waals surface area contributed by atoms with Crippen LogP contribution in [0.1, 0.15) is 0 Å². The lowest BCUT2D eigenvalue weighted by Gasteiger charge is -2.27. The Morgan fingerprint density at radius 1 is 0.354 bits per heavy atom. The first kappa shape index (κ1) is 27.2. The molecule has 1 nitrogen and oxygen atoms in total. The zero-order valence-electron chi connectivity index (χ0n) is 26.1. The minimum atomic E-state index is 1.13. The molecule has 10 rings (SSSR count). The van der Waals surface area contributed by atoms with Crippen LogP contribution in [0.2, 0.25) is 0 Å². The van der Waals surface area contributed by atoms with Crippen LogP contribution in [-0.4, -0.2) is 0 Å². The summed E-state index contributed by atoms with van der Waals surface area (Å²) in [6, 6.07) is 64.5. The van der Waals surface area contributed by atoms with E-state index in [1.165, 1.54) is 80.1 Å². The Morgan fingerprint density at radius 2 is 0.958 bits per heavy atom. The molecule has 0 radical (unpaired) electrons. The van der Waals surface area contributed by atoms with Gasteiger partial charge in [0.25, 0.3) is 0 Å². The molecule has 2 heteroatoms. The molecular weight excluding hydrogens is 599 g/mol. The van der Waals surface area contributed by atoms with Gasteiger partial charge in [0.2, 0.25) is 0 Å². The molecule has 0 atom stereocenters. The van der Waals surface area contributed by atoms with Gasteiger partial charge >= 0.3 is 0 Å². The molecule has 0 aliphatic rings. The number of benzene rings is 9. The lowest BCUT2D eigenvalue weighted by molar-refractivity contribution is 1.31. The van der Waals surface area contributed by atoms with Crippen molar-refractivity contribution in [2.24, 2.45) is 0 Å². The summed E-state index contributed by atoms with van der Waals surface area (Å²) in [5.74, 6) is 0. The van der Waals surface area contributed by atoms with Gasteiger partial charge in [0, 0.05) is 31.5 Å². The van der Waals surface area contributed by atoms with Crippen LogP contribution in [0.3, 0.4) is 0 Å². The third kappa shape index (κ3) is 4.24. The summed E-state index contributed by atoms with van der Waals surface area (Å²) in [5, 5.41) is 12.8. The third-order valence-electron chi connectivity index (χ3n) is 9.81. The van der Waals surface area contributed by atoms with Gasteiger partial charge in [-0.15, -0.1) is 11.3 Å². The van der Waals surface area contributed by atoms with Crippen molar-refractivity contribution in [2.45, 2.75) is 0 Å². The van der Waals surface area contributed by atoms with E-state index in [1.807, 2.05) is 11.3 Å². The number of anilines is 3. The monoisotopic (exact) mass is 627 g/mol. The molecule has 1 aromatic heterocycles. The molecular formula is C46H29NS. The van der Waals surface area contributed by atoms with Gasteiger partial charge in [-0.25, -0.2) is 0 Å². The lowest BCUT2D eigenvalue weighted by atomic mass is 9.96. The van der Waals surface area contributed by atoms with Crippen molar-refractivity contribution >= 4 is 91.7 Å². The van der Waals surface area contributed by atoms with Gasteiger partial charge in [-0.05, 0) is 90.6 Å². The quantitative estimate of drug-likeness (QED) is 0.176. The summed E-state index contributed by atoms with van der Waals surface area (Å²) in [7, 11) is 0. The number of rotatable bonds is 4. The maximum absolute atomic E-state index is 2.45. The fourth-order valence-electron chi connectivity index (χ4n) is 7.54. The predicted molar refractivity (Wildman–Crippen MR) is 209 cm³/mol. The predicted octanol–water partition coefficient (Wildman–Crippen LogP) is 13.8. The minimum Gasteiger partial charge on any atom is -0.310 e. The van der Waals surface area contributed by atoms with Gasteiger partial charge in [-0.2, -0.15) is 0 Å². The van der Waals surface area contributed by atoms with Crippen molar-refractivity contribution in [1.29, 1.82) is 0 Å². The zero-order chi connectivity index (χ0) is 31.6. The van der Waals surface area contributed by atoms with Gasteiger partial charge in [0.1, 0.15) is 0 Å². The Morgan fingerprint density at radius 3 is 1.79 bits per heavy atom. The molecule has 224 valence electrons. The molecule has 0 aliphatic heterocycles. The van der Waals surface area contributed by atoms with Crippen LogP contribution in [0.15, 0.2) is 176 Å². The summed E-state index contributed by atoms with van der Waals surface area (Å²) in [5.41, 5.74) is 5.89. The van der Waals surface area contributed by atoms with Gasteiger partial charge < -0.3 is 4.90 Å². The van der Waals surface area contributed by atoms with Crippen LogP contribution in [0.5, 0.6) is 0 Å². The molecule has 0 fully saturated rings. The van der Waals surface area contributed by atoms with E-state index in [-0.39, 0.29) is 0 Å². The highest BCUT2D eigenvalue weighted by Gasteiger charge is 2.20. The van der Waals surface area contributed by atoms with E-state index in [4.69, 9.17) is 0 Å². The first-order valence-corrected chi connectivity index (χ1v) is 17.2. The van der Waals surface area contributed by atoms with Crippen LogP contribution in [0, 0.1) is 0 Å². The highest BCUT2D eigenvalue weighted by molar-refractivity contribution is 7.26. The van der Waals surface area contributed by atoms with Crippen LogP contribution in [0.4, 0.5) is 17.1 Å². The van der Waals surface area contributed by atoms with Crippen molar-refractivity contribution in [2.75, 3.05) is 4.90 Å². The SMILES string of the molecule is c1ccc(-c2ccc(N(c3ccc4c(ccc5ccc6ccccc6c54)c3)c3cccc4sc5c6ccccc6ccc5c34)cc2)cc1. The molecule has 0 saturated heterocycles. The van der Waals surface area contributed by atoms with Crippen LogP contribution >= 0.6 is 11.3 Å². The van der Waals surface area contributed by atoms with Crippen LogP contribution in [-0.2, 0) is 0 Å². The first-order chi connectivity index (χ1) is 23.8. The molecule has 0 spiro atoms. The van der Waals surface area contributed by atoms with E-state index in [0.717, 1.165) is 11.4 Å². The fraction of sp³-hybridized carbons (Fsp3) is 0. The Hall–Kier alpha value is -5.96. The standard InChI is InChI=1S/C46H29NS/c1-2-9-30(10-3-1)31-21-24-36(25-22-31)47(42-15-8-16-43-45(42)41-27-23-33-12-5-7-14-40(33)46(41)48-43)37-26-28-39-35(29-37)20-19-34-18-17-32-11-4-6-13-38(32)44(34)39/h1-29H. The zero-order valence-corrected chi connectivity index (χ0v) is 26.9. The van der Waals surface area contributed by atoms with Gasteiger partial charge in [0.15, 0.2) is 0 Å². The number of thiophene rings is 1. The highest BCUT2D eigenvalue weighted by Crippen LogP contribution is 2.47. The normalized spacial score (nSPS) is 11.8. The maximum Gasteiger partial charge on any atom is 0.0554 e. The van der Waals surface area contributed by atoms with E-state index in [1.54, 1.807) is 0 Å².